The van der Waals surface area contributed by atoms with Crippen LogP contribution in [0, 0.1) is 10.1 Å². The van der Waals surface area contributed by atoms with Crippen molar-refractivity contribution in [3.8, 4) is 0 Å². The van der Waals surface area contributed by atoms with Crippen LogP contribution >= 0.6 is 0 Å². The van der Waals surface area contributed by atoms with Crippen molar-refractivity contribution in [2.45, 2.75) is 6.92 Å². The summed E-state index contributed by atoms with van der Waals surface area (Å²) in [6.45, 7) is 1.40. The molecule has 0 atom stereocenters. The topological polar surface area (TPSA) is 107 Å². The summed E-state index contributed by atoms with van der Waals surface area (Å²) in [4.78, 5) is 37.0. The van der Waals surface area contributed by atoms with Gasteiger partial charge in [-0.15, -0.1) is 0 Å². The molecule has 1 aromatic carbocycles. The number of amides is 1. The molecule has 0 aliphatic rings. The molecule has 1 amide bonds. The van der Waals surface area contributed by atoms with Crippen LogP contribution in [0.5, 0.6) is 0 Å². The second-order valence-corrected chi connectivity index (χ2v) is 4.75. The molecular weight excluding hydrogens is 300 g/mol. The molecule has 0 radical (unpaired) electrons. The van der Waals surface area contributed by atoms with E-state index in [-0.39, 0.29) is 17.5 Å². The molecule has 0 bridgehead atoms. The SMILES string of the molecule is CC(=O)Nc1ccc(C(=O)C=Cc2ncc([N+](=O)[O-])n2C)cc1. The van der Waals surface area contributed by atoms with Crippen LogP contribution in [0.3, 0.4) is 0 Å². The van der Waals surface area contributed by atoms with Gasteiger partial charge < -0.3 is 15.4 Å². The van der Waals surface area contributed by atoms with Crippen molar-refractivity contribution in [1.82, 2.24) is 9.55 Å². The number of hydrogen-bond donors (Lipinski definition) is 1. The Bertz CT molecular complexity index is 790. The molecule has 0 aliphatic heterocycles. The Balaban J connectivity index is 2.12. The lowest BCUT2D eigenvalue weighted by atomic mass is 10.1. The van der Waals surface area contributed by atoms with E-state index in [9.17, 15) is 19.7 Å². The van der Waals surface area contributed by atoms with Crippen molar-refractivity contribution >= 4 is 29.3 Å². The third kappa shape index (κ3) is 3.88. The highest BCUT2D eigenvalue weighted by atomic mass is 16.6. The van der Waals surface area contributed by atoms with Gasteiger partial charge >= 0.3 is 5.82 Å². The van der Waals surface area contributed by atoms with E-state index in [0.717, 1.165) is 6.20 Å². The van der Waals surface area contributed by atoms with Gasteiger partial charge in [0.2, 0.25) is 11.7 Å². The van der Waals surface area contributed by atoms with Gasteiger partial charge in [-0.2, -0.15) is 0 Å². The maximum atomic E-state index is 12.1. The molecule has 0 saturated heterocycles. The number of benzene rings is 1. The van der Waals surface area contributed by atoms with Crippen LogP contribution in [0.4, 0.5) is 11.5 Å². The first-order valence-electron chi connectivity index (χ1n) is 6.64. The van der Waals surface area contributed by atoms with E-state index in [1.165, 1.54) is 30.7 Å². The Morgan fingerprint density at radius 1 is 1.30 bits per heavy atom. The lowest BCUT2D eigenvalue weighted by molar-refractivity contribution is -0.391. The van der Waals surface area contributed by atoms with Crippen LogP contribution in [0.1, 0.15) is 23.1 Å². The third-order valence-corrected chi connectivity index (χ3v) is 3.06. The smallest absolute Gasteiger partial charge is 0.342 e. The van der Waals surface area contributed by atoms with Crippen LogP contribution in [0.2, 0.25) is 0 Å². The fraction of sp³-hybridized carbons (Fsp3) is 0.133. The zero-order valence-corrected chi connectivity index (χ0v) is 12.5. The van der Waals surface area contributed by atoms with Crippen molar-refractivity contribution in [3.05, 3.63) is 58.0 Å². The Labute approximate surface area is 131 Å². The van der Waals surface area contributed by atoms with E-state index in [0.29, 0.717) is 17.1 Å². The monoisotopic (exact) mass is 314 g/mol. The molecule has 1 heterocycles. The lowest BCUT2D eigenvalue weighted by Gasteiger charge is -2.02. The van der Waals surface area contributed by atoms with Crippen molar-refractivity contribution in [1.29, 1.82) is 0 Å². The summed E-state index contributed by atoms with van der Waals surface area (Å²) in [5, 5.41) is 13.3. The van der Waals surface area contributed by atoms with Gasteiger partial charge in [-0.05, 0) is 35.3 Å². The predicted molar refractivity (Wildman–Crippen MR) is 84.0 cm³/mol. The Morgan fingerprint density at radius 3 is 2.48 bits per heavy atom. The Kier molecular flexibility index (Phi) is 4.65. The van der Waals surface area contributed by atoms with E-state index < -0.39 is 4.92 Å². The molecule has 23 heavy (non-hydrogen) atoms. The molecule has 118 valence electrons. The summed E-state index contributed by atoms with van der Waals surface area (Å²) in [7, 11) is 1.50. The average Bonchev–Trinajstić information content (AvgIpc) is 2.86. The standard InChI is InChI=1S/C15H14N4O4/c1-10(20)17-12-5-3-11(4-6-12)13(21)7-8-14-16-9-15(18(14)2)19(22)23/h3-9H,1-2H3,(H,17,20). The first-order chi connectivity index (χ1) is 10.9. The van der Waals surface area contributed by atoms with E-state index in [1.807, 2.05) is 0 Å². The summed E-state index contributed by atoms with van der Waals surface area (Å²) >= 11 is 0. The Morgan fingerprint density at radius 2 is 1.96 bits per heavy atom. The zero-order valence-electron chi connectivity index (χ0n) is 12.5. The van der Waals surface area contributed by atoms with Gasteiger partial charge in [0.25, 0.3) is 0 Å². The first-order valence-corrected chi connectivity index (χ1v) is 6.64. The van der Waals surface area contributed by atoms with Crippen LogP contribution in [-0.2, 0) is 11.8 Å². The van der Waals surface area contributed by atoms with Crippen molar-refractivity contribution in [2.75, 3.05) is 5.32 Å². The zero-order chi connectivity index (χ0) is 17.0. The number of hydrogen-bond acceptors (Lipinski definition) is 5. The van der Waals surface area contributed by atoms with Gasteiger partial charge in [-0.1, -0.05) is 0 Å². The number of imidazole rings is 1. The number of anilines is 1. The van der Waals surface area contributed by atoms with Gasteiger partial charge in [0.05, 0.1) is 7.05 Å². The number of rotatable bonds is 5. The van der Waals surface area contributed by atoms with E-state index in [4.69, 9.17) is 0 Å². The fourth-order valence-corrected chi connectivity index (χ4v) is 1.91. The second-order valence-electron chi connectivity index (χ2n) is 4.75. The molecule has 0 aliphatic carbocycles. The summed E-state index contributed by atoms with van der Waals surface area (Å²) in [5.41, 5.74) is 1.02. The second kappa shape index (κ2) is 6.65. The maximum Gasteiger partial charge on any atom is 0.342 e. The van der Waals surface area contributed by atoms with Crippen molar-refractivity contribution < 1.29 is 14.5 Å². The predicted octanol–water partition coefficient (Wildman–Crippen LogP) is 2.18. The normalized spacial score (nSPS) is 10.7. The van der Waals surface area contributed by atoms with Crippen LogP contribution in [0.15, 0.2) is 36.5 Å². The van der Waals surface area contributed by atoms with E-state index in [2.05, 4.69) is 10.3 Å². The molecule has 0 fully saturated rings. The summed E-state index contributed by atoms with van der Waals surface area (Å²) < 4.78 is 1.28. The lowest BCUT2D eigenvalue weighted by Crippen LogP contribution is -2.05. The van der Waals surface area contributed by atoms with Gasteiger partial charge in [-0.25, -0.2) is 9.55 Å². The number of nitrogens with zero attached hydrogens (tertiary/aromatic N) is 3. The molecule has 2 rings (SSSR count). The Hall–Kier alpha value is -3.29. The largest absolute Gasteiger partial charge is 0.358 e. The maximum absolute atomic E-state index is 12.1. The number of nitro groups is 1. The third-order valence-electron chi connectivity index (χ3n) is 3.06. The number of carbonyl (C=O) groups is 2. The molecule has 2 aromatic rings. The number of allylic oxidation sites excluding steroid dienone is 1. The minimum Gasteiger partial charge on any atom is -0.358 e. The highest BCUT2D eigenvalue weighted by molar-refractivity contribution is 6.07. The summed E-state index contributed by atoms with van der Waals surface area (Å²) in [5.74, 6) is -0.318. The number of ketones is 1. The van der Waals surface area contributed by atoms with Gasteiger partial charge in [0.1, 0.15) is 6.20 Å². The van der Waals surface area contributed by atoms with Gasteiger partial charge in [0.15, 0.2) is 5.78 Å². The van der Waals surface area contributed by atoms with Crippen LogP contribution < -0.4 is 5.32 Å². The molecule has 8 nitrogen and oxygen atoms in total. The molecular formula is C15H14N4O4. The fourth-order valence-electron chi connectivity index (χ4n) is 1.91. The number of nitrogens with one attached hydrogen (secondary N) is 1. The quantitative estimate of drug-likeness (QED) is 0.394. The molecule has 0 unspecified atom stereocenters. The number of carbonyl (C=O) groups excluding carboxylic acids is 2. The molecule has 1 aromatic heterocycles. The van der Waals surface area contributed by atoms with Crippen LogP contribution in [0.25, 0.3) is 6.08 Å². The minimum absolute atomic E-state index is 0.156. The summed E-state index contributed by atoms with van der Waals surface area (Å²) in [6, 6.07) is 6.40. The first kappa shape index (κ1) is 16.1. The van der Waals surface area contributed by atoms with E-state index in [1.54, 1.807) is 24.3 Å². The van der Waals surface area contributed by atoms with Crippen molar-refractivity contribution in [2.24, 2.45) is 7.05 Å². The van der Waals surface area contributed by atoms with Gasteiger partial charge in [-0.3, -0.25) is 9.59 Å². The molecule has 8 heteroatoms. The highest BCUT2D eigenvalue weighted by Gasteiger charge is 2.14. The minimum atomic E-state index is -0.549. The van der Waals surface area contributed by atoms with Crippen LogP contribution in [-0.4, -0.2) is 26.2 Å². The van der Waals surface area contributed by atoms with Crippen molar-refractivity contribution in [3.63, 3.8) is 0 Å². The average molecular weight is 314 g/mol. The molecule has 0 saturated carbocycles. The number of aromatic nitrogens is 2. The molecule has 1 N–H and O–H groups in total. The molecule has 0 spiro atoms. The summed E-state index contributed by atoms with van der Waals surface area (Å²) in [6.07, 6.45) is 3.84. The van der Waals surface area contributed by atoms with E-state index >= 15 is 0 Å². The highest BCUT2D eigenvalue weighted by Crippen LogP contribution is 2.14. The van der Waals surface area contributed by atoms with Gasteiger partial charge in [0, 0.05) is 24.3 Å².